The van der Waals surface area contributed by atoms with Crippen molar-refractivity contribution in [2.75, 3.05) is 12.4 Å². The fourth-order valence-electron chi connectivity index (χ4n) is 2.60. The first-order chi connectivity index (χ1) is 13.7. The third-order valence-corrected chi connectivity index (χ3v) is 5.69. The topological polar surface area (TPSA) is 77.8 Å². The zero-order valence-electron chi connectivity index (χ0n) is 15.4. The quantitative estimate of drug-likeness (QED) is 0.450. The molecule has 0 aliphatic rings. The van der Waals surface area contributed by atoms with E-state index in [0.717, 1.165) is 33.5 Å². The minimum Gasteiger partial charge on any atom is -0.494 e. The molecule has 0 unspecified atom stereocenters. The van der Waals surface area contributed by atoms with Gasteiger partial charge in [0.2, 0.25) is 5.16 Å². The highest BCUT2D eigenvalue weighted by Crippen LogP contribution is 2.29. The number of tetrazole rings is 1. The normalized spacial score (nSPS) is 10.8. The van der Waals surface area contributed by atoms with Crippen LogP contribution in [0, 0.1) is 6.92 Å². The highest BCUT2D eigenvalue weighted by Gasteiger charge is 2.14. The summed E-state index contributed by atoms with van der Waals surface area (Å²) in [6, 6.07) is 15.9. The minimum atomic E-state index is 0.668. The van der Waals surface area contributed by atoms with Crippen LogP contribution in [0.25, 0.3) is 5.69 Å². The number of nitrogens with one attached hydrogen (secondary N) is 1. The molecular formula is C19H18N6OS2. The van der Waals surface area contributed by atoms with Crippen molar-refractivity contribution in [3.63, 3.8) is 0 Å². The van der Waals surface area contributed by atoms with Crippen LogP contribution in [0.15, 0.2) is 59.1 Å². The van der Waals surface area contributed by atoms with Crippen molar-refractivity contribution in [3.8, 4) is 11.4 Å². The summed E-state index contributed by atoms with van der Waals surface area (Å²) in [5, 5.41) is 19.0. The number of hydrogen-bond donors (Lipinski definition) is 1. The number of aromatic nitrogens is 5. The Balaban J connectivity index is 1.47. The highest BCUT2D eigenvalue weighted by atomic mass is 32.2. The van der Waals surface area contributed by atoms with E-state index in [-0.39, 0.29) is 0 Å². The van der Waals surface area contributed by atoms with Crippen LogP contribution < -0.4 is 10.1 Å². The van der Waals surface area contributed by atoms with Crippen LogP contribution in [0.5, 0.6) is 5.75 Å². The lowest BCUT2D eigenvalue weighted by Crippen LogP contribution is -2.02. The predicted molar refractivity (Wildman–Crippen MR) is 112 cm³/mol. The zero-order valence-corrected chi connectivity index (χ0v) is 17.0. The summed E-state index contributed by atoms with van der Waals surface area (Å²) >= 11 is 3.11. The molecule has 9 heteroatoms. The highest BCUT2D eigenvalue weighted by molar-refractivity contribution is 7.98. The molecule has 0 amide bonds. The molecule has 0 spiro atoms. The lowest BCUT2D eigenvalue weighted by Gasteiger charge is -2.10. The summed E-state index contributed by atoms with van der Waals surface area (Å²) in [6.07, 6.45) is 0. The number of hydrogen-bond acceptors (Lipinski definition) is 8. The van der Waals surface area contributed by atoms with Gasteiger partial charge in [-0.15, -0.1) is 16.4 Å². The average molecular weight is 411 g/mol. The van der Waals surface area contributed by atoms with Crippen LogP contribution in [0.4, 0.5) is 10.8 Å². The molecule has 2 aromatic heterocycles. The fourth-order valence-corrected chi connectivity index (χ4v) is 4.21. The zero-order chi connectivity index (χ0) is 19.3. The standard InChI is InChI=1S/C19H18N6OS2/c1-13-8-9-17(26-2)16(10-13)25-19(22-23-24-25)28-12-15-11-27-18(21-15)20-14-6-4-3-5-7-14/h3-11H,12H2,1-2H3,(H,20,21). The van der Waals surface area contributed by atoms with Gasteiger partial charge in [0.1, 0.15) is 11.4 Å². The molecule has 0 bridgehead atoms. The van der Waals surface area contributed by atoms with Crippen molar-refractivity contribution in [3.05, 3.63) is 65.2 Å². The van der Waals surface area contributed by atoms with E-state index >= 15 is 0 Å². The summed E-state index contributed by atoms with van der Waals surface area (Å²) in [4.78, 5) is 4.64. The van der Waals surface area contributed by atoms with Crippen molar-refractivity contribution in [2.24, 2.45) is 0 Å². The number of thioether (sulfide) groups is 1. The number of nitrogens with zero attached hydrogens (tertiary/aromatic N) is 5. The third-order valence-electron chi connectivity index (χ3n) is 3.93. The van der Waals surface area contributed by atoms with Gasteiger partial charge < -0.3 is 10.1 Å². The van der Waals surface area contributed by atoms with E-state index in [4.69, 9.17) is 4.74 Å². The summed E-state index contributed by atoms with van der Waals surface area (Å²) in [5.74, 6) is 1.39. The second kappa shape index (κ2) is 8.41. The molecule has 0 radical (unpaired) electrons. The van der Waals surface area contributed by atoms with Crippen LogP contribution in [0.1, 0.15) is 11.3 Å². The number of benzene rings is 2. The molecule has 2 aromatic carbocycles. The van der Waals surface area contributed by atoms with Crippen LogP contribution in [0.2, 0.25) is 0 Å². The van der Waals surface area contributed by atoms with Gasteiger partial charge in [-0.3, -0.25) is 0 Å². The van der Waals surface area contributed by atoms with Gasteiger partial charge in [-0.1, -0.05) is 36.0 Å². The van der Waals surface area contributed by atoms with Crippen LogP contribution in [-0.2, 0) is 5.75 Å². The second-order valence-corrected chi connectivity index (χ2v) is 7.77. The lowest BCUT2D eigenvalue weighted by atomic mass is 10.2. The molecule has 0 saturated carbocycles. The number of rotatable bonds is 7. The van der Waals surface area contributed by atoms with Gasteiger partial charge in [-0.25, -0.2) is 4.98 Å². The maximum atomic E-state index is 5.46. The fraction of sp³-hybridized carbons (Fsp3) is 0.158. The maximum Gasteiger partial charge on any atom is 0.214 e. The van der Waals surface area contributed by atoms with E-state index in [1.165, 1.54) is 11.8 Å². The smallest absolute Gasteiger partial charge is 0.214 e. The molecule has 7 nitrogen and oxygen atoms in total. The number of ether oxygens (including phenoxy) is 1. The number of methoxy groups -OCH3 is 1. The second-order valence-electron chi connectivity index (χ2n) is 5.97. The molecular weight excluding hydrogens is 392 g/mol. The molecule has 2 heterocycles. The molecule has 28 heavy (non-hydrogen) atoms. The molecule has 0 fully saturated rings. The van der Waals surface area contributed by atoms with E-state index in [1.807, 2.05) is 60.8 Å². The molecule has 4 rings (SSSR count). The summed E-state index contributed by atoms with van der Waals surface area (Å²) in [7, 11) is 1.64. The molecule has 0 saturated heterocycles. The number of anilines is 2. The first kappa shape index (κ1) is 18.5. The predicted octanol–water partition coefficient (Wildman–Crippen LogP) is 4.47. The number of para-hydroxylation sites is 1. The van der Waals surface area contributed by atoms with Crippen LogP contribution in [0.3, 0.4) is 0 Å². The van der Waals surface area contributed by atoms with Gasteiger partial charge in [0.25, 0.3) is 0 Å². The van der Waals surface area contributed by atoms with E-state index < -0.39 is 0 Å². The van der Waals surface area contributed by atoms with Crippen molar-refractivity contribution in [2.45, 2.75) is 17.8 Å². The largest absolute Gasteiger partial charge is 0.494 e. The van der Waals surface area contributed by atoms with Crippen molar-refractivity contribution >= 4 is 33.9 Å². The number of aryl methyl sites for hydroxylation is 1. The van der Waals surface area contributed by atoms with Gasteiger partial charge >= 0.3 is 0 Å². The van der Waals surface area contributed by atoms with E-state index in [2.05, 4.69) is 25.8 Å². The van der Waals surface area contributed by atoms with Gasteiger partial charge in [0, 0.05) is 16.8 Å². The van der Waals surface area contributed by atoms with Gasteiger partial charge in [-0.2, -0.15) is 4.68 Å². The van der Waals surface area contributed by atoms with Crippen LogP contribution >= 0.6 is 23.1 Å². The molecule has 142 valence electrons. The van der Waals surface area contributed by atoms with Gasteiger partial charge in [-0.05, 0) is 47.2 Å². The summed E-state index contributed by atoms with van der Waals surface area (Å²) in [6.45, 7) is 2.02. The Hall–Kier alpha value is -2.91. The molecule has 0 aliphatic heterocycles. The van der Waals surface area contributed by atoms with Gasteiger partial charge in [0.15, 0.2) is 5.13 Å². The van der Waals surface area contributed by atoms with Crippen molar-refractivity contribution in [1.82, 2.24) is 25.2 Å². The molecule has 0 atom stereocenters. The minimum absolute atomic E-state index is 0.668. The first-order valence-corrected chi connectivity index (χ1v) is 10.4. The monoisotopic (exact) mass is 410 g/mol. The van der Waals surface area contributed by atoms with Crippen molar-refractivity contribution < 1.29 is 4.74 Å². The Bertz CT molecular complexity index is 1060. The van der Waals surface area contributed by atoms with E-state index in [1.54, 1.807) is 23.1 Å². The van der Waals surface area contributed by atoms with E-state index in [0.29, 0.717) is 10.9 Å². The lowest BCUT2D eigenvalue weighted by molar-refractivity contribution is 0.410. The van der Waals surface area contributed by atoms with Gasteiger partial charge in [0.05, 0.1) is 12.8 Å². The Morgan fingerprint density at radius 2 is 2.04 bits per heavy atom. The average Bonchev–Trinajstić information content (AvgIpc) is 3.36. The van der Waals surface area contributed by atoms with E-state index in [9.17, 15) is 0 Å². The first-order valence-electron chi connectivity index (χ1n) is 8.55. The molecule has 4 aromatic rings. The SMILES string of the molecule is COc1ccc(C)cc1-n1nnnc1SCc1csc(Nc2ccccc2)n1. The third kappa shape index (κ3) is 4.15. The maximum absolute atomic E-state index is 5.46. The Morgan fingerprint density at radius 1 is 1.18 bits per heavy atom. The molecule has 1 N–H and O–H groups in total. The Kier molecular flexibility index (Phi) is 5.54. The van der Waals surface area contributed by atoms with Crippen LogP contribution in [-0.4, -0.2) is 32.3 Å². The Labute approximate surface area is 170 Å². The van der Waals surface area contributed by atoms with Crippen molar-refractivity contribution in [1.29, 1.82) is 0 Å². The molecule has 0 aliphatic carbocycles. The Morgan fingerprint density at radius 3 is 2.86 bits per heavy atom. The summed E-state index contributed by atoms with van der Waals surface area (Å²) in [5.41, 5.74) is 3.92. The number of thiazole rings is 1. The summed E-state index contributed by atoms with van der Waals surface area (Å²) < 4.78 is 7.16.